The Morgan fingerprint density at radius 2 is 2.06 bits per heavy atom. The van der Waals surface area contributed by atoms with Crippen molar-refractivity contribution in [2.75, 3.05) is 7.05 Å². The van der Waals surface area contributed by atoms with E-state index in [1.165, 1.54) is 31.3 Å². The van der Waals surface area contributed by atoms with Gasteiger partial charge < -0.3 is 4.89 Å². The molecule has 1 rings (SSSR count). The van der Waals surface area contributed by atoms with Gasteiger partial charge in [0.1, 0.15) is 0 Å². The van der Waals surface area contributed by atoms with Crippen molar-refractivity contribution in [1.29, 1.82) is 0 Å². The highest BCUT2D eigenvalue weighted by molar-refractivity contribution is 7.50. The first kappa shape index (κ1) is 12.8. The van der Waals surface area contributed by atoms with Crippen molar-refractivity contribution < 1.29 is 18.9 Å². The van der Waals surface area contributed by atoms with Gasteiger partial charge in [0.15, 0.2) is 0 Å². The summed E-state index contributed by atoms with van der Waals surface area (Å²) in [4.78, 5) is 18.9. The quantitative estimate of drug-likeness (QED) is 0.463. The summed E-state index contributed by atoms with van der Waals surface area (Å²) in [6, 6.07) is 5.54. The summed E-state index contributed by atoms with van der Waals surface area (Å²) < 4.78 is 15.7. The van der Waals surface area contributed by atoms with Crippen LogP contribution in [-0.4, -0.2) is 16.9 Å². The number of hydrogen-bond acceptors (Lipinski definition) is 4. The lowest BCUT2D eigenvalue weighted by molar-refractivity contribution is -0.384. The highest BCUT2D eigenvalue weighted by Gasteiger charge is 2.15. The van der Waals surface area contributed by atoms with Gasteiger partial charge in [-0.05, 0) is 24.7 Å². The van der Waals surface area contributed by atoms with Crippen molar-refractivity contribution in [2.45, 2.75) is 6.61 Å². The molecule has 0 saturated heterocycles. The third-order valence-electron chi connectivity index (χ3n) is 1.84. The maximum absolute atomic E-state index is 11.0. The molecule has 1 aromatic carbocycles. The first-order chi connectivity index (χ1) is 7.44. The van der Waals surface area contributed by atoms with E-state index in [1.807, 2.05) is 0 Å². The van der Waals surface area contributed by atoms with Crippen LogP contribution in [0.25, 0.3) is 0 Å². The normalized spacial score (nSPS) is 14.4. The van der Waals surface area contributed by atoms with Crippen LogP contribution in [0, 0.1) is 10.1 Å². The molecule has 1 aromatic rings. The van der Waals surface area contributed by atoms with E-state index in [9.17, 15) is 14.7 Å². The Labute approximate surface area is 91.8 Å². The number of non-ortho nitro benzene ring substituents is 1. The molecule has 0 aliphatic carbocycles. The van der Waals surface area contributed by atoms with Gasteiger partial charge in [-0.1, -0.05) is 0 Å². The van der Waals surface area contributed by atoms with E-state index in [-0.39, 0.29) is 12.3 Å². The van der Waals surface area contributed by atoms with Crippen molar-refractivity contribution in [2.24, 2.45) is 0 Å². The van der Waals surface area contributed by atoms with Gasteiger partial charge in [-0.25, -0.2) is 9.65 Å². The third kappa shape index (κ3) is 3.71. The smallest absolute Gasteiger partial charge is 0.312 e. The van der Waals surface area contributed by atoms with E-state index in [0.29, 0.717) is 5.56 Å². The van der Waals surface area contributed by atoms with Gasteiger partial charge in [0.05, 0.1) is 11.5 Å². The van der Waals surface area contributed by atoms with Crippen LogP contribution < -0.4 is 5.09 Å². The molecule has 2 N–H and O–H groups in total. The maximum Gasteiger partial charge on any atom is 0.402 e. The molecule has 1 unspecified atom stereocenters. The highest BCUT2D eigenvalue weighted by atomic mass is 31.2. The van der Waals surface area contributed by atoms with E-state index in [1.54, 1.807) is 0 Å². The highest BCUT2D eigenvalue weighted by Crippen LogP contribution is 2.36. The molecule has 0 aliphatic rings. The predicted molar refractivity (Wildman–Crippen MR) is 56.8 cm³/mol. The summed E-state index contributed by atoms with van der Waals surface area (Å²) >= 11 is 0. The molecule has 0 saturated carbocycles. The van der Waals surface area contributed by atoms with Crippen LogP contribution in [0.3, 0.4) is 0 Å². The number of hydrogen-bond donors (Lipinski definition) is 2. The molecule has 1 atom stereocenters. The van der Waals surface area contributed by atoms with E-state index in [4.69, 9.17) is 9.42 Å². The molecule has 16 heavy (non-hydrogen) atoms. The zero-order valence-electron chi connectivity index (χ0n) is 8.49. The fourth-order valence-electron chi connectivity index (χ4n) is 0.940. The van der Waals surface area contributed by atoms with Crippen LogP contribution in [-0.2, 0) is 15.7 Å². The monoisotopic (exact) mass is 246 g/mol. The molecule has 0 radical (unpaired) electrons. The maximum atomic E-state index is 11.0. The fraction of sp³-hybridized carbons (Fsp3) is 0.250. The lowest BCUT2D eigenvalue weighted by atomic mass is 10.2. The van der Waals surface area contributed by atoms with Gasteiger partial charge in [-0.2, -0.15) is 0 Å². The zero-order valence-corrected chi connectivity index (χ0v) is 9.39. The predicted octanol–water partition coefficient (Wildman–Crippen LogP) is 1.43. The van der Waals surface area contributed by atoms with Gasteiger partial charge in [-0.15, -0.1) is 0 Å². The number of nitrogens with one attached hydrogen (secondary N) is 1. The molecule has 7 nitrogen and oxygen atoms in total. The summed E-state index contributed by atoms with van der Waals surface area (Å²) in [7, 11) is -2.45. The molecule has 88 valence electrons. The molecule has 8 heteroatoms. The topological polar surface area (TPSA) is 102 Å². The molecule has 0 amide bonds. The lowest BCUT2D eigenvalue weighted by Crippen LogP contribution is -2.05. The Hall–Kier alpha value is -1.27. The third-order valence-corrected chi connectivity index (χ3v) is 2.88. The van der Waals surface area contributed by atoms with E-state index in [2.05, 4.69) is 5.09 Å². The van der Waals surface area contributed by atoms with Gasteiger partial charge in [0.2, 0.25) is 0 Å². The van der Waals surface area contributed by atoms with Crippen molar-refractivity contribution in [3.05, 3.63) is 39.9 Å². The Bertz CT molecular complexity index is 419. The fourth-order valence-corrected chi connectivity index (χ4v) is 1.39. The summed E-state index contributed by atoms with van der Waals surface area (Å²) in [5.74, 6) is 0. The van der Waals surface area contributed by atoms with Crippen LogP contribution in [0.2, 0.25) is 0 Å². The summed E-state index contributed by atoms with van der Waals surface area (Å²) in [5, 5.41) is 12.5. The van der Waals surface area contributed by atoms with E-state index < -0.39 is 12.7 Å². The second-order valence-electron chi connectivity index (χ2n) is 2.94. The first-order valence-corrected chi connectivity index (χ1v) is 5.92. The van der Waals surface area contributed by atoms with E-state index >= 15 is 0 Å². The van der Waals surface area contributed by atoms with Gasteiger partial charge in [-0.3, -0.25) is 14.6 Å². The number of benzene rings is 1. The Morgan fingerprint density at radius 3 is 2.50 bits per heavy atom. The SMILES string of the molecule is CNP(=O)(O)OCc1ccc([N+](=O)[O-])cc1. The number of rotatable bonds is 5. The minimum atomic E-state index is -3.75. The largest absolute Gasteiger partial charge is 0.402 e. The molecule has 0 bridgehead atoms. The summed E-state index contributed by atoms with van der Waals surface area (Å²) in [6.45, 7) is -0.0907. The summed E-state index contributed by atoms with van der Waals surface area (Å²) in [5.41, 5.74) is 0.541. The van der Waals surface area contributed by atoms with Crippen molar-refractivity contribution in [3.8, 4) is 0 Å². The van der Waals surface area contributed by atoms with E-state index in [0.717, 1.165) is 0 Å². The van der Waals surface area contributed by atoms with Gasteiger partial charge in [0.25, 0.3) is 5.69 Å². The molecule has 0 aromatic heterocycles. The standard InChI is InChI=1S/C8H11N2O5P/c1-9-16(13,14)15-6-7-2-4-8(5-3-7)10(11)12/h2-5H,6H2,1H3,(H2,9,13,14). The molecular formula is C8H11N2O5P. The van der Waals surface area contributed by atoms with Crippen LogP contribution in [0.4, 0.5) is 5.69 Å². The van der Waals surface area contributed by atoms with Crippen molar-refractivity contribution in [3.63, 3.8) is 0 Å². The van der Waals surface area contributed by atoms with Crippen LogP contribution in [0.1, 0.15) is 5.56 Å². The first-order valence-electron chi connectivity index (χ1n) is 4.34. The second-order valence-corrected chi connectivity index (χ2v) is 4.69. The number of nitro groups is 1. The Balaban J connectivity index is 2.63. The van der Waals surface area contributed by atoms with Crippen molar-refractivity contribution >= 4 is 13.4 Å². The zero-order chi connectivity index (χ0) is 12.2. The van der Waals surface area contributed by atoms with Crippen molar-refractivity contribution in [1.82, 2.24) is 5.09 Å². The lowest BCUT2D eigenvalue weighted by Gasteiger charge is -2.09. The molecule has 0 spiro atoms. The summed E-state index contributed by atoms with van der Waals surface area (Å²) in [6.07, 6.45) is 0. The minimum absolute atomic E-state index is 0.0375. The molecule has 0 heterocycles. The molecule has 0 aliphatic heterocycles. The minimum Gasteiger partial charge on any atom is -0.312 e. The van der Waals surface area contributed by atoms with Gasteiger partial charge >= 0.3 is 7.75 Å². The second kappa shape index (κ2) is 5.18. The van der Waals surface area contributed by atoms with Crippen LogP contribution >= 0.6 is 7.75 Å². The van der Waals surface area contributed by atoms with Crippen LogP contribution in [0.15, 0.2) is 24.3 Å². The van der Waals surface area contributed by atoms with Gasteiger partial charge in [0, 0.05) is 12.1 Å². The average molecular weight is 246 g/mol. The Kier molecular flexibility index (Phi) is 4.14. The number of nitrogens with zero attached hydrogens (tertiary/aromatic N) is 1. The van der Waals surface area contributed by atoms with Crippen LogP contribution in [0.5, 0.6) is 0 Å². The average Bonchev–Trinajstić information content (AvgIpc) is 2.27. The molecule has 0 fully saturated rings. The molecular weight excluding hydrogens is 235 g/mol. The number of nitro benzene ring substituents is 1. The Morgan fingerprint density at radius 1 is 1.50 bits per heavy atom.